The van der Waals surface area contributed by atoms with Gasteiger partial charge in [0.05, 0.1) is 11.3 Å². The topological polar surface area (TPSA) is 44.0 Å². The molecule has 0 amide bonds. The molecule has 124 valence electrons. The van der Waals surface area contributed by atoms with Gasteiger partial charge in [0, 0.05) is 30.3 Å². The van der Waals surface area contributed by atoms with E-state index in [1.54, 1.807) is 10.8 Å². The molecule has 1 heterocycles. The molecule has 1 aliphatic carbocycles. The smallest absolute Gasteiger partial charge is 0.278 e. The number of hydrogen-bond donors (Lipinski definition) is 0. The fourth-order valence-corrected chi connectivity index (χ4v) is 3.40. The minimum Gasteiger partial charge on any atom is -0.289 e. The van der Waals surface area contributed by atoms with Gasteiger partial charge in [0.25, 0.3) is 5.56 Å². The van der Waals surface area contributed by atoms with Crippen molar-refractivity contribution in [2.45, 2.75) is 13.3 Å². The summed E-state index contributed by atoms with van der Waals surface area (Å²) in [5.41, 5.74) is 4.55. The third-order valence-corrected chi connectivity index (χ3v) is 4.85. The number of nitrogens with zero attached hydrogens (tertiary/aromatic N) is 2. The molecule has 0 unspecified atom stereocenters. The van der Waals surface area contributed by atoms with Crippen LogP contribution in [0.1, 0.15) is 27.2 Å². The maximum absolute atomic E-state index is 13.0. The molecule has 0 saturated heterocycles. The van der Waals surface area contributed by atoms with E-state index in [9.17, 15) is 9.59 Å². The van der Waals surface area contributed by atoms with E-state index < -0.39 is 0 Å². The Balaban J connectivity index is 1.84. The zero-order chi connectivity index (χ0) is 17.6. The first-order valence-corrected chi connectivity index (χ1v) is 8.25. The monoisotopic (exact) mass is 330 g/mol. The van der Waals surface area contributed by atoms with E-state index in [4.69, 9.17) is 0 Å². The summed E-state index contributed by atoms with van der Waals surface area (Å²) in [6, 6.07) is 17.1. The van der Waals surface area contributed by atoms with Gasteiger partial charge in [-0.05, 0) is 30.7 Å². The molecule has 1 aromatic heterocycles. The van der Waals surface area contributed by atoms with Crippen LogP contribution in [0.3, 0.4) is 0 Å². The fourth-order valence-electron chi connectivity index (χ4n) is 3.40. The molecule has 4 rings (SSSR count). The van der Waals surface area contributed by atoms with Crippen molar-refractivity contribution in [3.63, 3.8) is 0 Å². The lowest BCUT2D eigenvalue weighted by molar-refractivity contribution is 0.104. The van der Waals surface area contributed by atoms with Gasteiger partial charge in [-0.2, -0.15) is 0 Å². The van der Waals surface area contributed by atoms with Gasteiger partial charge in [-0.3, -0.25) is 14.3 Å². The summed E-state index contributed by atoms with van der Waals surface area (Å²) in [4.78, 5) is 25.6. The molecule has 1 aliphatic rings. The normalized spacial score (nSPS) is 15.0. The number of Topliss-reactive ketones (excluding diaryl/α,β-unsaturated/α-hetero) is 1. The van der Waals surface area contributed by atoms with Crippen LogP contribution >= 0.6 is 0 Å². The Morgan fingerprint density at radius 1 is 0.960 bits per heavy atom. The second-order valence-corrected chi connectivity index (χ2v) is 6.31. The first kappa shape index (κ1) is 15.4. The molecule has 4 heteroatoms. The Hall–Kier alpha value is -3.14. The molecule has 25 heavy (non-hydrogen) atoms. The molecule has 0 spiro atoms. The van der Waals surface area contributed by atoms with E-state index in [1.807, 2.05) is 73.3 Å². The molecule has 0 saturated carbocycles. The Bertz CT molecular complexity index is 1070. The standard InChI is InChI=1S/C21H18N2O2/c1-14-19(13-16-12-15-8-6-7-11-18(15)20(16)24)21(25)23(22(14)2)17-9-4-3-5-10-17/h3-11,13H,12H2,1-2H3. The minimum absolute atomic E-state index is 0.0181. The van der Waals surface area contributed by atoms with Crippen LogP contribution < -0.4 is 5.56 Å². The Kier molecular flexibility index (Phi) is 3.53. The third kappa shape index (κ3) is 2.38. The third-order valence-electron chi connectivity index (χ3n) is 4.85. The molecule has 2 aromatic carbocycles. The Labute approximate surface area is 145 Å². The summed E-state index contributed by atoms with van der Waals surface area (Å²) in [5, 5.41) is 0. The van der Waals surface area contributed by atoms with E-state index in [1.165, 1.54) is 0 Å². The average Bonchev–Trinajstić information content (AvgIpc) is 3.06. The summed E-state index contributed by atoms with van der Waals surface area (Å²) in [5.74, 6) is 0.0181. The van der Waals surface area contributed by atoms with Gasteiger partial charge in [0.1, 0.15) is 0 Å². The van der Waals surface area contributed by atoms with Gasteiger partial charge in [-0.1, -0.05) is 42.5 Å². The number of benzene rings is 2. The molecule has 3 aromatic rings. The van der Waals surface area contributed by atoms with Crippen molar-refractivity contribution < 1.29 is 4.79 Å². The van der Waals surface area contributed by atoms with E-state index in [-0.39, 0.29) is 11.3 Å². The maximum Gasteiger partial charge on any atom is 0.278 e. The minimum atomic E-state index is -0.109. The number of para-hydroxylation sites is 1. The summed E-state index contributed by atoms with van der Waals surface area (Å²) in [6.07, 6.45) is 2.34. The summed E-state index contributed by atoms with van der Waals surface area (Å²) >= 11 is 0. The van der Waals surface area contributed by atoms with Crippen LogP contribution in [0.5, 0.6) is 0 Å². The molecule has 0 aliphatic heterocycles. The first-order chi connectivity index (χ1) is 12.1. The lowest BCUT2D eigenvalue weighted by Crippen LogP contribution is -2.20. The molecule has 0 radical (unpaired) electrons. The zero-order valence-electron chi connectivity index (χ0n) is 14.2. The van der Waals surface area contributed by atoms with Crippen molar-refractivity contribution in [2.75, 3.05) is 0 Å². The van der Waals surface area contributed by atoms with Crippen molar-refractivity contribution >= 4 is 11.9 Å². The zero-order valence-corrected chi connectivity index (χ0v) is 14.2. The molecule has 0 bridgehead atoms. The summed E-state index contributed by atoms with van der Waals surface area (Å²) in [7, 11) is 1.86. The van der Waals surface area contributed by atoms with E-state index in [2.05, 4.69) is 0 Å². The summed E-state index contributed by atoms with van der Waals surface area (Å²) in [6.45, 7) is 1.90. The highest BCUT2D eigenvalue weighted by Crippen LogP contribution is 2.27. The predicted octanol–water partition coefficient (Wildman–Crippen LogP) is 3.31. The SMILES string of the molecule is Cc1c(C=C2Cc3ccccc3C2=O)c(=O)n(-c2ccccc2)n1C. The van der Waals surface area contributed by atoms with Crippen LogP contribution in [0, 0.1) is 6.92 Å². The van der Waals surface area contributed by atoms with Crippen molar-refractivity contribution in [3.05, 3.63) is 92.9 Å². The molecule has 4 nitrogen and oxygen atoms in total. The van der Waals surface area contributed by atoms with E-state index in [0.29, 0.717) is 17.6 Å². The second-order valence-electron chi connectivity index (χ2n) is 6.31. The number of rotatable bonds is 2. The van der Waals surface area contributed by atoms with Gasteiger partial charge < -0.3 is 0 Å². The largest absolute Gasteiger partial charge is 0.289 e. The van der Waals surface area contributed by atoms with Gasteiger partial charge in [0.2, 0.25) is 0 Å². The lowest BCUT2D eigenvalue weighted by atomic mass is 10.1. The number of allylic oxidation sites excluding steroid dienone is 1. The van der Waals surface area contributed by atoms with Crippen LogP contribution in [0.4, 0.5) is 0 Å². The van der Waals surface area contributed by atoms with Crippen molar-refractivity contribution in [1.29, 1.82) is 0 Å². The number of aromatic nitrogens is 2. The molecule has 0 atom stereocenters. The van der Waals surface area contributed by atoms with Crippen LogP contribution in [-0.2, 0) is 13.5 Å². The fraction of sp³-hybridized carbons (Fsp3) is 0.143. The van der Waals surface area contributed by atoms with Gasteiger partial charge in [-0.25, -0.2) is 4.68 Å². The van der Waals surface area contributed by atoms with Crippen LogP contribution in [-0.4, -0.2) is 15.1 Å². The van der Waals surface area contributed by atoms with Gasteiger partial charge in [0.15, 0.2) is 5.78 Å². The van der Waals surface area contributed by atoms with Crippen LogP contribution in [0.15, 0.2) is 65.0 Å². The van der Waals surface area contributed by atoms with E-state index in [0.717, 1.165) is 22.5 Å². The number of carbonyl (C=O) groups excluding carboxylic acids is 1. The number of carbonyl (C=O) groups is 1. The number of ketones is 1. The maximum atomic E-state index is 13.0. The Morgan fingerprint density at radius 2 is 1.64 bits per heavy atom. The summed E-state index contributed by atoms with van der Waals surface area (Å²) < 4.78 is 3.46. The average molecular weight is 330 g/mol. The number of hydrogen-bond acceptors (Lipinski definition) is 2. The highest BCUT2D eigenvalue weighted by molar-refractivity contribution is 6.15. The van der Waals surface area contributed by atoms with Crippen molar-refractivity contribution in [2.24, 2.45) is 7.05 Å². The molecular formula is C21H18N2O2. The second kappa shape index (κ2) is 5.74. The van der Waals surface area contributed by atoms with Gasteiger partial charge in [-0.15, -0.1) is 0 Å². The van der Waals surface area contributed by atoms with Crippen molar-refractivity contribution in [3.8, 4) is 5.69 Å². The quantitative estimate of drug-likeness (QED) is 0.677. The van der Waals surface area contributed by atoms with Crippen molar-refractivity contribution in [1.82, 2.24) is 9.36 Å². The van der Waals surface area contributed by atoms with E-state index >= 15 is 0 Å². The number of fused-ring (bicyclic) bond motifs is 1. The van der Waals surface area contributed by atoms with Crippen LogP contribution in [0.25, 0.3) is 11.8 Å². The highest BCUT2D eigenvalue weighted by atomic mass is 16.1. The van der Waals surface area contributed by atoms with Crippen LogP contribution in [0.2, 0.25) is 0 Å². The lowest BCUT2D eigenvalue weighted by Gasteiger charge is -2.07. The molecule has 0 fully saturated rings. The first-order valence-electron chi connectivity index (χ1n) is 8.25. The highest BCUT2D eigenvalue weighted by Gasteiger charge is 2.25. The van der Waals surface area contributed by atoms with Gasteiger partial charge >= 0.3 is 0 Å². The Morgan fingerprint density at radius 3 is 2.36 bits per heavy atom. The molecular weight excluding hydrogens is 312 g/mol. The predicted molar refractivity (Wildman–Crippen MR) is 98.2 cm³/mol. The molecule has 0 N–H and O–H groups in total.